The van der Waals surface area contributed by atoms with E-state index in [0.717, 1.165) is 17.7 Å². The standard InChI is InChI=1S/C14H15F3N4/c1-8-5-11(13(18)20-7-8)12(21-19)9-3-2-4-10(6-9)14(15,16)17/h2-7,12,21H,19H2,1H3,(H2,18,20). The van der Waals surface area contributed by atoms with Crippen molar-refractivity contribution >= 4 is 5.82 Å². The minimum absolute atomic E-state index is 0.223. The first-order valence-electron chi connectivity index (χ1n) is 6.18. The van der Waals surface area contributed by atoms with E-state index in [4.69, 9.17) is 11.6 Å². The molecule has 1 unspecified atom stereocenters. The van der Waals surface area contributed by atoms with Crippen LogP contribution in [-0.2, 0) is 6.18 Å². The lowest BCUT2D eigenvalue weighted by molar-refractivity contribution is -0.137. The number of aromatic nitrogens is 1. The van der Waals surface area contributed by atoms with Crippen molar-refractivity contribution in [2.45, 2.75) is 19.1 Å². The molecule has 0 saturated heterocycles. The van der Waals surface area contributed by atoms with E-state index in [9.17, 15) is 13.2 Å². The maximum absolute atomic E-state index is 12.8. The number of anilines is 1. The van der Waals surface area contributed by atoms with Gasteiger partial charge in [0.25, 0.3) is 0 Å². The second-order valence-electron chi connectivity index (χ2n) is 4.71. The summed E-state index contributed by atoms with van der Waals surface area (Å²) in [6.45, 7) is 1.82. The Morgan fingerprint density at radius 3 is 2.57 bits per heavy atom. The number of halogens is 3. The monoisotopic (exact) mass is 296 g/mol. The molecule has 1 aromatic carbocycles. The summed E-state index contributed by atoms with van der Waals surface area (Å²) in [5, 5.41) is 0. The number of nitrogens with one attached hydrogen (secondary N) is 1. The summed E-state index contributed by atoms with van der Waals surface area (Å²) in [6, 6.07) is 6.03. The summed E-state index contributed by atoms with van der Waals surface area (Å²) < 4.78 is 38.4. The van der Waals surface area contributed by atoms with Crippen LogP contribution in [0.15, 0.2) is 36.5 Å². The third-order valence-electron chi connectivity index (χ3n) is 3.11. The zero-order valence-corrected chi connectivity index (χ0v) is 11.3. The smallest absolute Gasteiger partial charge is 0.383 e. The topological polar surface area (TPSA) is 77.0 Å². The van der Waals surface area contributed by atoms with Crippen LogP contribution >= 0.6 is 0 Å². The summed E-state index contributed by atoms with van der Waals surface area (Å²) in [5.74, 6) is 5.72. The van der Waals surface area contributed by atoms with Gasteiger partial charge in [-0.1, -0.05) is 12.1 Å². The SMILES string of the molecule is Cc1cnc(N)c(C(NN)c2cccc(C(F)(F)F)c2)c1. The molecule has 2 rings (SSSR count). The zero-order valence-electron chi connectivity index (χ0n) is 11.3. The van der Waals surface area contributed by atoms with E-state index < -0.39 is 17.8 Å². The molecule has 2 aromatic rings. The van der Waals surface area contributed by atoms with Crippen LogP contribution in [0.3, 0.4) is 0 Å². The van der Waals surface area contributed by atoms with Gasteiger partial charge < -0.3 is 5.73 Å². The highest BCUT2D eigenvalue weighted by atomic mass is 19.4. The van der Waals surface area contributed by atoms with Gasteiger partial charge in [0.15, 0.2) is 0 Å². The number of nitrogens with zero attached hydrogens (tertiary/aromatic N) is 1. The molecule has 0 radical (unpaired) electrons. The van der Waals surface area contributed by atoms with Crippen LogP contribution in [0.4, 0.5) is 19.0 Å². The number of alkyl halides is 3. The number of aryl methyl sites for hydroxylation is 1. The molecule has 0 saturated carbocycles. The van der Waals surface area contributed by atoms with Crippen molar-refractivity contribution < 1.29 is 13.2 Å². The number of hydrazine groups is 1. The minimum atomic E-state index is -4.41. The molecule has 0 aliphatic carbocycles. The van der Waals surface area contributed by atoms with Gasteiger partial charge in [-0.25, -0.2) is 10.4 Å². The molecule has 1 atom stereocenters. The second-order valence-corrected chi connectivity index (χ2v) is 4.71. The van der Waals surface area contributed by atoms with E-state index in [1.54, 1.807) is 18.3 Å². The van der Waals surface area contributed by atoms with Gasteiger partial charge in [-0.05, 0) is 36.2 Å². The average Bonchev–Trinajstić information content (AvgIpc) is 2.43. The molecule has 7 heteroatoms. The number of rotatable bonds is 3. The summed E-state index contributed by atoms with van der Waals surface area (Å²) in [7, 11) is 0. The Balaban J connectivity index is 2.49. The first-order chi connectivity index (χ1) is 9.82. The molecule has 112 valence electrons. The lowest BCUT2D eigenvalue weighted by Gasteiger charge is -2.20. The molecule has 21 heavy (non-hydrogen) atoms. The molecular weight excluding hydrogens is 281 g/mol. The van der Waals surface area contributed by atoms with Crippen molar-refractivity contribution in [2.24, 2.45) is 5.84 Å². The molecule has 0 spiro atoms. The summed E-state index contributed by atoms with van der Waals surface area (Å²) in [4.78, 5) is 4.00. The third kappa shape index (κ3) is 3.32. The molecule has 1 heterocycles. The summed E-state index contributed by atoms with van der Waals surface area (Å²) in [5.41, 5.74) is 9.30. The highest BCUT2D eigenvalue weighted by Crippen LogP contribution is 2.32. The number of benzene rings is 1. The average molecular weight is 296 g/mol. The molecule has 0 amide bonds. The maximum Gasteiger partial charge on any atom is 0.416 e. The van der Waals surface area contributed by atoms with Crippen LogP contribution in [-0.4, -0.2) is 4.98 Å². The maximum atomic E-state index is 12.8. The normalized spacial score (nSPS) is 13.2. The van der Waals surface area contributed by atoms with E-state index in [0.29, 0.717) is 11.1 Å². The third-order valence-corrected chi connectivity index (χ3v) is 3.11. The Hall–Kier alpha value is -2.12. The first-order valence-corrected chi connectivity index (χ1v) is 6.18. The van der Waals surface area contributed by atoms with E-state index in [1.807, 2.05) is 6.92 Å². The molecule has 1 aromatic heterocycles. The van der Waals surface area contributed by atoms with Crippen LogP contribution in [0.5, 0.6) is 0 Å². The summed E-state index contributed by atoms with van der Waals surface area (Å²) >= 11 is 0. The van der Waals surface area contributed by atoms with Crippen LogP contribution in [0.25, 0.3) is 0 Å². The van der Waals surface area contributed by atoms with Gasteiger partial charge in [-0.2, -0.15) is 13.2 Å². The Kier molecular flexibility index (Phi) is 4.15. The van der Waals surface area contributed by atoms with Crippen molar-refractivity contribution in [3.8, 4) is 0 Å². The number of hydrogen-bond donors (Lipinski definition) is 3. The van der Waals surface area contributed by atoms with E-state index in [1.165, 1.54) is 6.07 Å². The van der Waals surface area contributed by atoms with Gasteiger partial charge in [0.1, 0.15) is 5.82 Å². The van der Waals surface area contributed by atoms with Gasteiger partial charge in [0.2, 0.25) is 0 Å². The summed E-state index contributed by atoms with van der Waals surface area (Å²) in [6.07, 6.45) is -2.83. The zero-order chi connectivity index (χ0) is 15.6. The van der Waals surface area contributed by atoms with Crippen LogP contribution in [0, 0.1) is 6.92 Å². The highest BCUT2D eigenvalue weighted by Gasteiger charge is 2.31. The Morgan fingerprint density at radius 2 is 1.95 bits per heavy atom. The first kappa shape index (κ1) is 15.3. The van der Waals surface area contributed by atoms with E-state index in [-0.39, 0.29) is 5.82 Å². The predicted molar refractivity (Wildman–Crippen MR) is 74.0 cm³/mol. The van der Waals surface area contributed by atoms with Crippen LogP contribution in [0.1, 0.15) is 28.3 Å². The fourth-order valence-corrected chi connectivity index (χ4v) is 2.09. The van der Waals surface area contributed by atoms with Gasteiger partial charge in [-0.3, -0.25) is 5.84 Å². The minimum Gasteiger partial charge on any atom is -0.383 e. The van der Waals surface area contributed by atoms with Crippen molar-refractivity contribution in [1.29, 1.82) is 0 Å². The number of hydrogen-bond acceptors (Lipinski definition) is 4. The van der Waals surface area contributed by atoms with Gasteiger partial charge in [0.05, 0.1) is 11.6 Å². The second kappa shape index (κ2) is 5.71. The predicted octanol–water partition coefficient (Wildman–Crippen LogP) is 2.54. The number of nitrogens with two attached hydrogens (primary N) is 2. The van der Waals surface area contributed by atoms with E-state index in [2.05, 4.69) is 10.4 Å². The molecule has 4 nitrogen and oxygen atoms in total. The molecule has 0 fully saturated rings. The highest BCUT2D eigenvalue weighted by molar-refractivity contribution is 5.47. The fourth-order valence-electron chi connectivity index (χ4n) is 2.09. The molecule has 0 aliphatic rings. The number of nitrogen functional groups attached to an aromatic ring is 1. The van der Waals surface area contributed by atoms with Crippen molar-refractivity contribution in [3.63, 3.8) is 0 Å². The largest absolute Gasteiger partial charge is 0.416 e. The van der Waals surface area contributed by atoms with Crippen LogP contribution < -0.4 is 17.0 Å². The lowest BCUT2D eigenvalue weighted by Crippen LogP contribution is -2.30. The molecule has 5 N–H and O–H groups in total. The van der Waals surface area contributed by atoms with Gasteiger partial charge in [-0.15, -0.1) is 0 Å². The van der Waals surface area contributed by atoms with Gasteiger partial charge in [0, 0.05) is 11.8 Å². The molecular formula is C14H15F3N4. The quantitative estimate of drug-likeness (QED) is 0.601. The Morgan fingerprint density at radius 1 is 1.24 bits per heavy atom. The Labute approximate surface area is 119 Å². The van der Waals surface area contributed by atoms with Crippen molar-refractivity contribution in [2.75, 3.05) is 5.73 Å². The number of pyridine rings is 1. The van der Waals surface area contributed by atoms with Crippen molar-refractivity contribution in [3.05, 3.63) is 58.8 Å². The van der Waals surface area contributed by atoms with E-state index >= 15 is 0 Å². The molecule has 0 aliphatic heterocycles. The fraction of sp³-hybridized carbons (Fsp3) is 0.214. The molecule has 0 bridgehead atoms. The van der Waals surface area contributed by atoms with Crippen molar-refractivity contribution in [1.82, 2.24) is 10.4 Å². The lowest BCUT2D eigenvalue weighted by atomic mass is 9.97. The Bertz CT molecular complexity index is 640. The van der Waals surface area contributed by atoms with Gasteiger partial charge >= 0.3 is 6.18 Å². The van der Waals surface area contributed by atoms with Crippen LogP contribution in [0.2, 0.25) is 0 Å².